The average molecular weight is 473 g/mol. The van der Waals surface area contributed by atoms with Gasteiger partial charge in [0.25, 0.3) is 11.9 Å². The van der Waals surface area contributed by atoms with E-state index in [0.717, 1.165) is 45.7 Å². The topological polar surface area (TPSA) is 149 Å². The van der Waals surface area contributed by atoms with Gasteiger partial charge < -0.3 is 20.4 Å². The molecule has 1 aromatic rings. The summed E-state index contributed by atoms with van der Waals surface area (Å²) >= 11 is 0. The van der Waals surface area contributed by atoms with Crippen molar-refractivity contribution < 1.29 is 29.4 Å². The second-order valence-electron chi connectivity index (χ2n) is 8.98. The Kier molecular flexibility index (Phi) is 8.38. The number of ketones is 1. The molecule has 2 amide bonds. The lowest BCUT2D eigenvalue weighted by Crippen LogP contribution is -2.59. The third-order valence-electron chi connectivity index (χ3n) is 6.66. The largest absolute Gasteiger partial charge is 0.481 e. The molecule has 3 aliphatic heterocycles. The van der Waals surface area contributed by atoms with Gasteiger partial charge in [0.05, 0.1) is 0 Å². The third-order valence-corrected chi connectivity index (χ3v) is 6.66. The number of hydrogen-bond acceptors (Lipinski definition) is 7. The fourth-order valence-electron chi connectivity index (χ4n) is 5.02. The van der Waals surface area contributed by atoms with Gasteiger partial charge in [-0.3, -0.25) is 19.7 Å². The number of amides is 2. The van der Waals surface area contributed by atoms with Crippen LogP contribution in [0.2, 0.25) is 0 Å². The lowest BCUT2D eigenvalue weighted by atomic mass is 9.89. The maximum absolute atomic E-state index is 12.7. The van der Waals surface area contributed by atoms with Crippen molar-refractivity contribution in [3.05, 3.63) is 36.0 Å². The smallest absolute Gasteiger partial charge is 0.411 e. The van der Waals surface area contributed by atoms with E-state index in [2.05, 4.69) is 10.3 Å². The fourth-order valence-corrected chi connectivity index (χ4v) is 5.02. The number of anilines is 1. The van der Waals surface area contributed by atoms with Crippen LogP contribution in [0.25, 0.3) is 0 Å². The molecule has 2 bridgehead atoms. The Morgan fingerprint density at radius 1 is 1.18 bits per heavy atom. The number of piperidine rings is 1. The molecule has 2 saturated heterocycles. The van der Waals surface area contributed by atoms with Crippen LogP contribution in [0.1, 0.15) is 62.2 Å². The molecule has 10 nitrogen and oxygen atoms in total. The zero-order chi connectivity index (χ0) is 24.7. The van der Waals surface area contributed by atoms with E-state index in [1.54, 1.807) is 18.3 Å². The number of carbonyl (C=O) groups is 4. The summed E-state index contributed by atoms with van der Waals surface area (Å²) in [7, 11) is 0. The first-order valence-electron chi connectivity index (χ1n) is 11.6. The Bertz CT molecular complexity index is 937. The Balaban J connectivity index is 0.000000751. The van der Waals surface area contributed by atoms with Crippen LogP contribution in [0.3, 0.4) is 0 Å². The number of nitrogens with zero attached hydrogens (tertiary/aromatic N) is 2. The van der Waals surface area contributed by atoms with Crippen molar-refractivity contribution in [2.45, 2.75) is 63.5 Å². The summed E-state index contributed by atoms with van der Waals surface area (Å²) in [6.45, 7) is 3.13. The monoisotopic (exact) mass is 472 g/mol. The van der Waals surface area contributed by atoms with Crippen molar-refractivity contribution in [1.82, 2.24) is 15.6 Å². The Hall–Kier alpha value is -3.27. The number of Topliss-reactive ketones (excluding diaryl/α,β-unsaturated/α-hetero) is 1. The third kappa shape index (κ3) is 5.99. The summed E-state index contributed by atoms with van der Waals surface area (Å²) < 4.78 is 0. The van der Waals surface area contributed by atoms with E-state index in [1.165, 1.54) is 0 Å². The minimum atomic E-state index is -1.35. The van der Waals surface area contributed by atoms with E-state index in [4.69, 9.17) is 15.0 Å². The SMILES string of the molecule is CC(=O)O.O=C(O)NC(=O)C12CC=CC(CC1)N2c1ccc(C(=O)CCC2CCNCC2)cn1. The second-order valence-corrected chi connectivity index (χ2v) is 8.98. The molecule has 34 heavy (non-hydrogen) atoms. The molecule has 3 aliphatic rings. The zero-order valence-corrected chi connectivity index (χ0v) is 19.3. The maximum Gasteiger partial charge on any atom is 0.411 e. The molecule has 4 N–H and O–H groups in total. The summed E-state index contributed by atoms with van der Waals surface area (Å²) in [4.78, 5) is 51.8. The normalized spacial score (nSPS) is 23.6. The number of aliphatic carboxylic acids is 1. The fraction of sp³-hybridized carbons (Fsp3) is 0.542. The Morgan fingerprint density at radius 3 is 2.50 bits per heavy atom. The standard InChI is InChI=1S/C22H28N4O4.C2H4O2/c27-18(5-3-15-8-12-23-13-9-15)16-4-6-19(24-14-16)26-17-2-1-10-22(26,11-7-17)20(28)25-21(29)30;1-2(3)4/h1-2,4,6,14-15,17,23H,3,5,7-13H2,(H,25,28)(H,29,30);1H3,(H,3,4). The van der Waals surface area contributed by atoms with Gasteiger partial charge in [0.15, 0.2) is 5.78 Å². The number of rotatable bonds is 6. The summed E-state index contributed by atoms with van der Waals surface area (Å²) in [5.41, 5.74) is -0.373. The summed E-state index contributed by atoms with van der Waals surface area (Å²) in [5.74, 6) is -0.0682. The number of carbonyl (C=O) groups excluding carboxylic acids is 2. The van der Waals surface area contributed by atoms with Crippen molar-refractivity contribution in [3.8, 4) is 0 Å². The van der Waals surface area contributed by atoms with Crippen LogP contribution in [0.5, 0.6) is 0 Å². The van der Waals surface area contributed by atoms with Crippen molar-refractivity contribution in [1.29, 1.82) is 0 Å². The second kappa shape index (κ2) is 11.2. The number of pyridine rings is 1. The van der Waals surface area contributed by atoms with Crippen LogP contribution in [0.15, 0.2) is 30.5 Å². The van der Waals surface area contributed by atoms with Crippen molar-refractivity contribution >= 4 is 29.6 Å². The number of carboxylic acids is 1. The van der Waals surface area contributed by atoms with E-state index >= 15 is 0 Å². The average Bonchev–Trinajstić information content (AvgIpc) is 3.03. The molecular weight excluding hydrogens is 440 g/mol. The van der Waals surface area contributed by atoms with E-state index in [9.17, 15) is 14.4 Å². The van der Waals surface area contributed by atoms with Crippen LogP contribution in [0, 0.1) is 5.92 Å². The summed E-state index contributed by atoms with van der Waals surface area (Å²) in [6, 6.07) is 3.54. The molecule has 0 aliphatic carbocycles. The molecule has 0 spiro atoms. The first kappa shape index (κ1) is 25.4. The minimum Gasteiger partial charge on any atom is -0.481 e. The van der Waals surface area contributed by atoms with E-state index < -0.39 is 23.5 Å². The predicted octanol–water partition coefficient (Wildman–Crippen LogP) is 2.60. The van der Waals surface area contributed by atoms with Gasteiger partial charge in [-0.05, 0) is 69.7 Å². The number of hydrogen-bond donors (Lipinski definition) is 4. The molecular formula is C24H32N4O6. The molecule has 0 aromatic carbocycles. The van der Waals surface area contributed by atoms with Crippen molar-refractivity contribution in [3.63, 3.8) is 0 Å². The number of nitrogens with one attached hydrogen (secondary N) is 2. The van der Waals surface area contributed by atoms with E-state index in [0.29, 0.717) is 36.6 Å². The number of aromatic nitrogens is 1. The van der Waals surface area contributed by atoms with Crippen LogP contribution >= 0.6 is 0 Å². The summed E-state index contributed by atoms with van der Waals surface area (Å²) in [5, 5.41) is 21.8. The molecule has 4 heterocycles. The number of carboxylic acid groups (broad SMARTS) is 2. The summed E-state index contributed by atoms with van der Waals surface area (Å²) in [6.07, 6.45) is 9.62. The van der Waals surface area contributed by atoms with Crippen LogP contribution in [0.4, 0.5) is 10.6 Å². The highest BCUT2D eigenvalue weighted by atomic mass is 16.4. The highest BCUT2D eigenvalue weighted by molar-refractivity contribution is 6.00. The maximum atomic E-state index is 12.7. The molecule has 0 saturated carbocycles. The van der Waals surface area contributed by atoms with Gasteiger partial charge in [-0.1, -0.05) is 12.2 Å². The first-order chi connectivity index (χ1) is 16.2. The highest BCUT2D eigenvalue weighted by Gasteiger charge is 2.53. The van der Waals surface area contributed by atoms with Crippen LogP contribution in [-0.4, -0.2) is 63.6 Å². The lowest BCUT2D eigenvalue weighted by molar-refractivity contribution is -0.134. The van der Waals surface area contributed by atoms with Crippen LogP contribution in [-0.2, 0) is 9.59 Å². The number of fused-ring (bicyclic) bond motifs is 2. The van der Waals surface area contributed by atoms with Gasteiger partial charge in [-0.25, -0.2) is 9.78 Å². The zero-order valence-electron chi connectivity index (χ0n) is 19.3. The molecule has 4 rings (SSSR count). The van der Waals surface area contributed by atoms with E-state index in [-0.39, 0.29) is 11.8 Å². The quantitative estimate of drug-likeness (QED) is 0.362. The van der Waals surface area contributed by atoms with Crippen molar-refractivity contribution in [2.24, 2.45) is 5.92 Å². The van der Waals surface area contributed by atoms with E-state index in [1.807, 2.05) is 22.4 Å². The number of imide groups is 1. The minimum absolute atomic E-state index is 0.00717. The van der Waals surface area contributed by atoms with Crippen molar-refractivity contribution in [2.75, 3.05) is 18.0 Å². The van der Waals surface area contributed by atoms with Gasteiger partial charge in [-0.2, -0.15) is 0 Å². The first-order valence-corrected chi connectivity index (χ1v) is 11.6. The van der Waals surface area contributed by atoms with Gasteiger partial charge in [0.1, 0.15) is 11.4 Å². The van der Waals surface area contributed by atoms with Gasteiger partial charge in [0, 0.05) is 31.1 Å². The molecule has 2 fully saturated rings. The van der Waals surface area contributed by atoms with Gasteiger partial charge in [0.2, 0.25) is 0 Å². The highest BCUT2D eigenvalue weighted by Crippen LogP contribution is 2.43. The molecule has 184 valence electrons. The van der Waals surface area contributed by atoms with Gasteiger partial charge in [-0.15, -0.1) is 0 Å². The molecule has 1 aromatic heterocycles. The predicted molar refractivity (Wildman–Crippen MR) is 125 cm³/mol. The lowest BCUT2D eigenvalue weighted by Gasteiger charge is -2.41. The molecule has 0 radical (unpaired) electrons. The Morgan fingerprint density at radius 2 is 1.88 bits per heavy atom. The molecule has 2 unspecified atom stereocenters. The van der Waals surface area contributed by atoms with Crippen LogP contribution < -0.4 is 15.5 Å². The Labute approximate surface area is 198 Å². The molecule has 10 heteroatoms. The van der Waals surface area contributed by atoms with Gasteiger partial charge >= 0.3 is 6.09 Å². The molecule has 2 atom stereocenters.